The normalized spacial score (nSPS) is 17.5. The molecule has 0 saturated heterocycles. The quantitative estimate of drug-likeness (QED) is 0.652. The van der Waals surface area contributed by atoms with Crippen LogP contribution in [-0.2, 0) is 13.1 Å². The predicted molar refractivity (Wildman–Crippen MR) is 96.3 cm³/mol. The molecule has 0 atom stereocenters. The number of ether oxygens (including phenoxy) is 2. The second-order valence-corrected chi connectivity index (χ2v) is 6.65. The van der Waals surface area contributed by atoms with E-state index in [2.05, 4.69) is 4.90 Å². The van der Waals surface area contributed by atoms with E-state index in [4.69, 9.17) is 18.3 Å². The van der Waals surface area contributed by atoms with Gasteiger partial charge in [0, 0.05) is 12.6 Å². The Morgan fingerprint density at radius 3 is 2.89 bits per heavy atom. The molecule has 0 N–H and O–H groups in total. The lowest BCUT2D eigenvalue weighted by molar-refractivity contribution is 0.0810. The molecule has 0 fully saturated rings. The number of hydrogen-bond donors (Lipinski definition) is 0. The van der Waals surface area contributed by atoms with E-state index < -0.39 is 0 Å². The van der Waals surface area contributed by atoms with Crippen LogP contribution in [0.3, 0.4) is 0 Å². The van der Waals surface area contributed by atoms with Gasteiger partial charge >= 0.3 is 0 Å². The summed E-state index contributed by atoms with van der Waals surface area (Å²) < 4.78 is 22.7. The molecule has 5 rings (SSSR count). The minimum Gasteiger partial charge on any atom is -0.478 e. The summed E-state index contributed by atoms with van der Waals surface area (Å²) in [5.41, 5.74) is 1.42. The molecular formula is C21H17NO5. The van der Waals surface area contributed by atoms with E-state index >= 15 is 0 Å². The smallest absolute Gasteiger partial charge is 0.232 e. The maximum atomic E-state index is 12.7. The number of carbonyl (C=O) groups excluding carboxylic acids is 1. The standard InChI is InChI=1S/C21H17NO5/c1-13-4-5-14(26-13)9-19-20(23)16-6-7-18-17(21(16)27-19)11-22(12-25-18)10-15-3-2-8-24-15/h2-9H,10-12H2,1H3/b19-9-. The number of fused-ring (bicyclic) bond motifs is 3. The van der Waals surface area contributed by atoms with E-state index in [0.717, 1.165) is 22.8 Å². The summed E-state index contributed by atoms with van der Waals surface area (Å²) in [6.45, 7) is 3.54. The zero-order valence-electron chi connectivity index (χ0n) is 14.7. The van der Waals surface area contributed by atoms with Crippen molar-refractivity contribution in [2.24, 2.45) is 0 Å². The molecule has 6 heteroatoms. The van der Waals surface area contributed by atoms with Crippen LogP contribution in [0.5, 0.6) is 11.5 Å². The van der Waals surface area contributed by atoms with Crippen LogP contribution in [0.2, 0.25) is 0 Å². The molecule has 2 aliphatic heterocycles. The minimum absolute atomic E-state index is 0.148. The Hall–Kier alpha value is -3.25. The Bertz CT molecular complexity index is 1040. The predicted octanol–water partition coefficient (Wildman–Crippen LogP) is 4.15. The molecule has 136 valence electrons. The van der Waals surface area contributed by atoms with Crippen LogP contribution in [0.15, 0.2) is 57.3 Å². The average Bonchev–Trinajstić information content (AvgIpc) is 3.38. The Labute approximate surface area is 155 Å². The van der Waals surface area contributed by atoms with Crippen molar-refractivity contribution in [2.75, 3.05) is 6.73 Å². The maximum Gasteiger partial charge on any atom is 0.232 e. The van der Waals surface area contributed by atoms with Crippen LogP contribution in [0, 0.1) is 6.92 Å². The van der Waals surface area contributed by atoms with Crippen LogP contribution in [0.4, 0.5) is 0 Å². The molecule has 0 amide bonds. The summed E-state index contributed by atoms with van der Waals surface area (Å²) in [4.78, 5) is 14.8. The lowest BCUT2D eigenvalue weighted by Crippen LogP contribution is -2.31. The van der Waals surface area contributed by atoms with E-state index in [1.807, 2.05) is 37.3 Å². The molecule has 1 aromatic carbocycles. The third-order valence-electron chi connectivity index (χ3n) is 4.68. The summed E-state index contributed by atoms with van der Waals surface area (Å²) in [5.74, 6) is 3.65. The van der Waals surface area contributed by atoms with Crippen molar-refractivity contribution < 1.29 is 23.1 Å². The Morgan fingerprint density at radius 1 is 1.19 bits per heavy atom. The van der Waals surface area contributed by atoms with Gasteiger partial charge in [-0.05, 0) is 43.3 Å². The van der Waals surface area contributed by atoms with Crippen molar-refractivity contribution in [1.82, 2.24) is 4.90 Å². The topological polar surface area (TPSA) is 65.1 Å². The lowest BCUT2D eigenvalue weighted by Gasteiger charge is -2.29. The van der Waals surface area contributed by atoms with E-state index in [-0.39, 0.29) is 11.5 Å². The third kappa shape index (κ3) is 2.84. The second-order valence-electron chi connectivity index (χ2n) is 6.65. The van der Waals surface area contributed by atoms with Gasteiger partial charge in [-0.2, -0.15) is 0 Å². The number of nitrogens with zero attached hydrogens (tertiary/aromatic N) is 1. The monoisotopic (exact) mass is 363 g/mol. The fraction of sp³-hybridized carbons (Fsp3) is 0.190. The highest BCUT2D eigenvalue weighted by molar-refractivity contribution is 6.14. The van der Waals surface area contributed by atoms with E-state index in [1.165, 1.54) is 0 Å². The molecule has 0 radical (unpaired) electrons. The van der Waals surface area contributed by atoms with Crippen LogP contribution in [0.25, 0.3) is 6.08 Å². The molecule has 0 saturated carbocycles. The first-order chi connectivity index (χ1) is 13.2. The van der Waals surface area contributed by atoms with Crippen LogP contribution >= 0.6 is 0 Å². The molecule has 0 unspecified atom stereocenters. The van der Waals surface area contributed by atoms with Gasteiger partial charge in [0.25, 0.3) is 0 Å². The van der Waals surface area contributed by atoms with Crippen molar-refractivity contribution in [2.45, 2.75) is 20.0 Å². The maximum absolute atomic E-state index is 12.7. The summed E-state index contributed by atoms with van der Waals surface area (Å²) in [7, 11) is 0. The highest BCUT2D eigenvalue weighted by atomic mass is 16.5. The number of allylic oxidation sites excluding steroid dienone is 1. The zero-order valence-corrected chi connectivity index (χ0v) is 14.7. The van der Waals surface area contributed by atoms with Crippen molar-refractivity contribution in [3.8, 4) is 11.5 Å². The molecule has 6 nitrogen and oxygen atoms in total. The van der Waals surface area contributed by atoms with Gasteiger partial charge in [-0.15, -0.1) is 0 Å². The van der Waals surface area contributed by atoms with E-state index in [0.29, 0.717) is 36.9 Å². The number of rotatable bonds is 3. The number of hydrogen-bond acceptors (Lipinski definition) is 6. The zero-order chi connectivity index (χ0) is 18.4. The molecule has 0 aliphatic carbocycles. The van der Waals surface area contributed by atoms with Gasteiger partial charge < -0.3 is 18.3 Å². The van der Waals surface area contributed by atoms with Crippen molar-refractivity contribution in [3.63, 3.8) is 0 Å². The number of furan rings is 2. The summed E-state index contributed by atoms with van der Waals surface area (Å²) in [6, 6.07) is 11.0. The second kappa shape index (κ2) is 6.17. The molecule has 0 spiro atoms. The lowest BCUT2D eigenvalue weighted by atomic mass is 10.0. The fourth-order valence-electron chi connectivity index (χ4n) is 3.39. The van der Waals surface area contributed by atoms with Gasteiger partial charge in [-0.1, -0.05) is 0 Å². The van der Waals surface area contributed by atoms with E-state index in [1.54, 1.807) is 18.4 Å². The first kappa shape index (κ1) is 16.0. The number of ketones is 1. The van der Waals surface area contributed by atoms with Crippen molar-refractivity contribution in [1.29, 1.82) is 0 Å². The summed E-state index contributed by atoms with van der Waals surface area (Å²) >= 11 is 0. The van der Waals surface area contributed by atoms with Gasteiger partial charge in [0.05, 0.1) is 23.9 Å². The molecule has 0 bridgehead atoms. The van der Waals surface area contributed by atoms with Crippen LogP contribution < -0.4 is 9.47 Å². The van der Waals surface area contributed by atoms with Crippen molar-refractivity contribution >= 4 is 11.9 Å². The third-order valence-corrected chi connectivity index (χ3v) is 4.68. The first-order valence-electron chi connectivity index (χ1n) is 8.71. The Morgan fingerprint density at radius 2 is 2.11 bits per heavy atom. The van der Waals surface area contributed by atoms with Gasteiger partial charge in [0.15, 0.2) is 5.76 Å². The van der Waals surface area contributed by atoms with Gasteiger partial charge in [-0.3, -0.25) is 9.69 Å². The van der Waals surface area contributed by atoms with Gasteiger partial charge in [0.2, 0.25) is 5.78 Å². The minimum atomic E-state index is -0.148. The highest BCUT2D eigenvalue weighted by Crippen LogP contribution is 2.42. The van der Waals surface area contributed by atoms with Gasteiger partial charge in [0.1, 0.15) is 35.5 Å². The first-order valence-corrected chi connectivity index (χ1v) is 8.71. The number of benzene rings is 1. The number of carbonyl (C=O) groups is 1. The number of aryl methyl sites for hydroxylation is 1. The average molecular weight is 363 g/mol. The van der Waals surface area contributed by atoms with E-state index in [9.17, 15) is 4.79 Å². The molecule has 3 aromatic rings. The fourth-order valence-corrected chi connectivity index (χ4v) is 3.39. The molecule has 2 aliphatic rings. The van der Waals surface area contributed by atoms with Crippen LogP contribution in [0.1, 0.15) is 33.2 Å². The summed E-state index contributed by atoms with van der Waals surface area (Å²) in [5, 5.41) is 0. The SMILES string of the molecule is Cc1ccc(/C=C2\Oc3c(ccc4c3CN(Cc3ccco3)CO4)C2=O)o1. The Balaban J connectivity index is 1.45. The molecule has 2 aromatic heterocycles. The van der Waals surface area contributed by atoms with Crippen LogP contribution in [-0.4, -0.2) is 17.4 Å². The van der Waals surface area contributed by atoms with Gasteiger partial charge in [-0.25, -0.2) is 0 Å². The molecular weight excluding hydrogens is 346 g/mol. The number of Topliss-reactive ketones (excluding diaryl/α,β-unsaturated/α-hetero) is 1. The Kier molecular flexibility index (Phi) is 3.65. The summed E-state index contributed by atoms with van der Waals surface area (Å²) in [6.07, 6.45) is 3.28. The largest absolute Gasteiger partial charge is 0.478 e. The molecule has 27 heavy (non-hydrogen) atoms. The molecule has 4 heterocycles. The van der Waals surface area contributed by atoms with Crippen molar-refractivity contribution in [3.05, 3.63) is 76.8 Å². The highest BCUT2D eigenvalue weighted by Gasteiger charge is 2.33.